The number of aromatic nitrogens is 2. The SMILES string of the molecule is Cc1cc(C2CCCN(C)C2)nc(CCCl)n1. The first-order valence-corrected chi connectivity index (χ1v) is 6.81. The van der Waals surface area contributed by atoms with E-state index in [1.165, 1.54) is 25.1 Å². The first-order chi connectivity index (χ1) is 8.19. The van der Waals surface area contributed by atoms with Crippen LogP contribution in [0.2, 0.25) is 0 Å². The molecule has 0 N–H and O–H groups in total. The van der Waals surface area contributed by atoms with Crippen LogP contribution in [0.15, 0.2) is 6.07 Å². The Morgan fingerprint density at radius 2 is 2.29 bits per heavy atom. The molecule has 1 aromatic heterocycles. The van der Waals surface area contributed by atoms with E-state index in [2.05, 4.69) is 28.0 Å². The summed E-state index contributed by atoms with van der Waals surface area (Å²) in [4.78, 5) is 11.5. The summed E-state index contributed by atoms with van der Waals surface area (Å²) in [5.41, 5.74) is 2.26. The Morgan fingerprint density at radius 1 is 1.47 bits per heavy atom. The van der Waals surface area contributed by atoms with Crippen molar-refractivity contribution < 1.29 is 0 Å². The molecule has 3 nitrogen and oxygen atoms in total. The predicted octanol–water partition coefficient (Wildman–Crippen LogP) is 2.38. The molecule has 0 aromatic carbocycles. The lowest BCUT2D eigenvalue weighted by Gasteiger charge is -2.29. The van der Waals surface area contributed by atoms with Crippen molar-refractivity contribution in [1.82, 2.24) is 14.9 Å². The molecule has 1 aliphatic heterocycles. The van der Waals surface area contributed by atoms with Crippen LogP contribution in [0.5, 0.6) is 0 Å². The summed E-state index contributed by atoms with van der Waals surface area (Å²) in [5, 5.41) is 0. The molecule has 1 atom stereocenters. The average molecular weight is 254 g/mol. The Hall–Kier alpha value is -0.670. The first kappa shape index (κ1) is 12.8. The Balaban J connectivity index is 2.18. The molecule has 1 aliphatic rings. The number of hydrogen-bond donors (Lipinski definition) is 0. The fourth-order valence-electron chi connectivity index (χ4n) is 2.47. The Labute approximate surface area is 108 Å². The smallest absolute Gasteiger partial charge is 0.130 e. The summed E-state index contributed by atoms with van der Waals surface area (Å²) in [6, 6.07) is 2.13. The fourth-order valence-corrected chi connectivity index (χ4v) is 2.64. The molecule has 1 aromatic rings. The highest BCUT2D eigenvalue weighted by Gasteiger charge is 2.20. The minimum Gasteiger partial charge on any atom is -0.306 e. The van der Waals surface area contributed by atoms with Gasteiger partial charge in [0.05, 0.1) is 0 Å². The molecule has 0 bridgehead atoms. The van der Waals surface area contributed by atoms with Crippen molar-refractivity contribution in [3.05, 3.63) is 23.3 Å². The largest absolute Gasteiger partial charge is 0.306 e. The lowest BCUT2D eigenvalue weighted by molar-refractivity contribution is 0.248. The number of rotatable bonds is 3. The second-order valence-electron chi connectivity index (χ2n) is 4.89. The standard InChI is InChI=1S/C13H20ClN3/c1-10-8-12(16-13(15-10)5-6-14)11-4-3-7-17(2)9-11/h8,11H,3-7,9H2,1-2H3. The second kappa shape index (κ2) is 5.78. The van der Waals surface area contributed by atoms with Gasteiger partial charge in [-0.05, 0) is 39.4 Å². The van der Waals surface area contributed by atoms with Gasteiger partial charge in [0.25, 0.3) is 0 Å². The number of likely N-dealkylation sites (N-methyl/N-ethyl adjacent to an activating group) is 1. The molecule has 4 heteroatoms. The summed E-state index contributed by atoms with van der Waals surface area (Å²) < 4.78 is 0. The highest BCUT2D eigenvalue weighted by atomic mass is 35.5. The van der Waals surface area contributed by atoms with Crippen molar-refractivity contribution >= 4 is 11.6 Å². The Bertz CT molecular complexity index is 381. The topological polar surface area (TPSA) is 29.0 Å². The summed E-state index contributed by atoms with van der Waals surface area (Å²) in [5.74, 6) is 2.04. The monoisotopic (exact) mass is 253 g/mol. The van der Waals surface area contributed by atoms with Crippen LogP contribution in [0.1, 0.15) is 36.0 Å². The van der Waals surface area contributed by atoms with Crippen LogP contribution in [0.4, 0.5) is 0 Å². The normalized spacial score (nSPS) is 21.7. The van der Waals surface area contributed by atoms with E-state index in [0.717, 1.165) is 24.5 Å². The first-order valence-electron chi connectivity index (χ1n) is 6.28. The third-order valence-corrected chi connectivity index (χ3v) is 3.47. The molecule has 0 saturated carbocycles. The van der Waals surface area contributed by atoms with E-state index in [-0.39, 0.29) is 0 Å². The molecule has 2 rings (SSSR count). The average Bonchev–Trinajstić information content (AvgIpc) is 2.28. The molecule has 1 saturated heterocycles. The van der Waals surface area contributed by atoms with Crippen molar-refractivity contribution in [2.45, 2.75) is 32.1 Å². The summed E-state index contributed by atoms with van der Waals surface area (Å²) in [6.07, 6.45) is 3.26. The van der Waals surface area contributed by atoms with Gasteiger partial charge in [0.1, 0.15) is 5.82 Å². The summed E-state index contributed by atoms with van der Waals surface area (Å²) in [6.45, 7) is 4.35. The van der Waals surface area contributed by atoms with Gasteiger partial charge in [-0.15, -0.1) is 11.6 Å². The van der Waals surface area contributed by atoms with Crippen molar-refractivity contribution in [2.75, 3.05) is 26.0 Å². The van der Waals surface area contributed by atoms with E-state index < -0.39 is 0 Å². The minimum atomic E-state index is 0.560. The molecular weight excluding hydrogens is 234 g/mol. The maximum absolute atomic E-state index is 5.76. The molecule has 0 amide bonds. The number of aryl methyl sites for hydroxylation is 2. The van der Waals surface area contributed by atoms with Crippen molar-refractivity contribution in [2.24, 2.45) is 0 Å². The number of piperidine rings is 1. The zero-order chi connectivity index (χ0) is 12.3. The van der Waals surface area contributed by atoms with Gasteiger partial charge in [0.15, 0.2) is 0 Å². The minimum absolute atomic E-state index is 0.560. The van der Waals surface area contributed by atoms with E-state index in [0.29, 0.717) is 11.8 Å². The fraction of sp³-hybridized carbons (Fsp3) is 0.692. The molecule has 0 aliphatic carbocycles. The maximum Gasteiger partial charge on any atom is 0.130 e. The van der Waals surface area contributed by atoms with E-state index >= 15 is 0 Å². The number of hydrogen-bond acceptors (Lipinski definition) is 3. The third-order valence-electron chi connectivity index (χ3n) is 3.28. The van der Waals surface area contributed by atoms with Crippen molar-refractivity contribution in [3.8, 4) is 0 Å². The summed E-state index contributed by atoms with van der Waals surface area (Å²) >= 11 is 5.76. The lowest BCUT2D eigenvalue weighted by atomic mass is 9.94. The van der Waals surface area contributed by atoms with E-state index in [4.69, 9.17) is 11.6 Å². The van der Waals surface area contributed by atoms with Crippen molar-refractivity contribution in [1.29, 1.82) is 0 Å². The van der Waals surface area contributed by atoms with Gasteiger partial charge in [-0.1, -0.05) is 0 Å². The third kappa shape index (κ3) is 3.39. The number of likely N-dealkylation sites (tertiary alicyclic amines) is 1. The van der Waals surface area contributed by atoms with Gasteiger partial charge in [-0.3, -0.25) is 0 Å². The van der Waals surface area contributed by atoms with E-state index in [1.54, 1.807) is 0 Å². The van der Waals surface area contributed by atoms with Crippen LogP contribution in [-0.4, -0.2) is 40.9 Å². The molecule has 1 fully saturated rings. The highest BCUT2D eigenvalue weighted by Crippen LogP contribution is 2.25. The number of nitrogens with zero attached hydrogens (tertiary/aromatic N) is 3. The van der Waals surface area contributed by atoms with Crippen LogP contribution < -0.4 is 0 Å². The zero-order valence-electron chi connectivity index (χ0n) is 10.6. The van der Waals surface area contributed by atoms with Gasteiger partial charge >= 0.3 is 0 Å². The van der Waals surface area contributed by atoms with Gasteiger partial charge < -0.3 is 4.90 Å². The van der Waals surface area contributed by atoms with Crippen LogP contribution in [0, 0.1) is 6.92 Å². The predicted molar refractivity (Wildman–Crippen MR) is 70.7 cm³/mol. The van der Waals surface area contributed by atoms with Crippen LogP contribution in [-0.2, 0) is 6.42 Å². The number of halogens is 1. The highest BCUT2D eigenvalue weighted by molar-refractivity contribution is 6.17. The molecule has 17 heavy (non-hydrogen) atoms. The van der Waals surface area contributed by atoms with Gasteiger partial charge in [0, 0.05) is 36.2 Å². The lowest BCUT2D eigenvalue weighted by Crippen LogP contribution is -2.31. The van der Waals surface area contributed by atoms with Gasteiger partial charge in [-0.25, -0.2) is 9.97 Å². The summed E-state index contributed by atoms with van der Waals surface area (Å²) in [7, 11) is 2.18. The zero-order valence-corrected chi connectivity index (χ0v) is 11.4. The van der Waals surface area contributed by atoms with Crippen LogP contribution in [0.3, 0.4) is 0 Å². The Morgan fingerprint density at radius 3 is 3.00 bits per heavy atom. The molecule has 0 spiro atoms. The quantitative estimate of drug-likeness (QED) is 0.775. The second-order valence-corrected chi connectivity index (χ2v) is 5.27. The van der Waals surface area contributed by atoms with Crippen LogP contribution in [0.25, 0.3) is 0 Å². The van der Waals surface area contributed by atoms with Gasteiger partial charge in [-0.2, -0.15) is 0 Å². The van der Waals surface area contributed by atoms with E-state index in [1.807, 2.05) is 6.92 Å². The van der Waals surface area contributed by atoms with Gasteiger partial charge in [0.2, 0.25) is 0 Å². The molecular formula is C13H20ClN3. The molecule has 2 heterocycles. The molecule has 0 radical (unpaired) electrons. The maximum atomic E-state index is 5.76. The molecule has 1 unspecified atom stereocenters. The van der Waals surface area contributed by atoms with E-state index in [9.17, 15) is 0 Å². The van der Waals surface area contributed by atoms with Crippen molar-refractivity contribution in [3.63, 3.8) is 0 Å². The van der Waals surface area contributed by atoms with Crippen LogP contribution >= 0.6 is 11.6 Å². The Kier molecular flexibility index (Phi) is 4.35. The number of alkyl halides is 1. The molecule has 94 valence electrons.